The molecular weight excluding hydrogens is 262 g/mol. The molecule has 0 spiro atoms. The summed E-state index contributed by atoms with van der Waals surface area (Å²) in [5.74, 6) is 2.94. The van der Waals surface area contributed by atoms with E-state index in [-0.39, 0.29) is 0 Å². The highest BCUT2D eigenvalue weighted by Crippen LogP contribution is 2.22. The summed E-state index contributed by atoms with van der Waals surface area (Å²) in [5, 5.41) is 0. The second-order valence-electron chi connectivity index (χ2n) is 3.48. The van der Waals surface area contributed by atoms with E-state index in [1.54, 1.807) is 11.3 Å². The van der Waals surface area contributed by atoms with Gasteiger partial charge in [0, 0.05) is 29.5 Å². The van der Waals surface area contributed by atoms with Gasteiger partial charge in [0.15, 0.2) is 5.96 Å². The van der Waals surface area contributed by atoms with E-state index in [0.29, 0.717) is 12.5 Å². The Balaban J connectivity index is 1.90. The lowest BCUT2D eigenvalue weighted by molar-refractivity contribution is 0.456. The molecule has 2 N–H and O–H groups in total. The van der Waals surface area contributed by atoms with Crippen molar-refractivity contribution < 1.29 is 0 Å². The van der Waals surface area contributed by atoms with Crippen LogP contribution in [0.4, 0.5) is 0 Å². The molecule has 2 rings (SSSR count). The van der Waals surface area contributed by atoms with Gasteiger partial charge in [0.1, 0.15) is 0 Å². The van der Waals surface area contributed by atoms with E-state index in [2.05, 4.69) is 9.89 Å². The third-order valence-electron chi connectivity index (χ3n) is 2.36. The Hall–Kier alpha value is -0.390. The summed E-state index contributed by atoms with van der Waals surface area (Å²) in [6.07, 6.45) is 0. The van der Waals surface area contributed by atoms with Gasteiger partial charge in [0.25, 0.3) is 0 Å². The average molecular weight is 276 g/mol. The van der Waals surface area contributed by atoms with Gasteiger partial charge in [-0.25, -0.2) is 4.99 Å². The quantitative estimate of drug-likeness (QED) is 0.665. The Morgan fingerprint density at radius 1 is 1.44 bits per heavy atom. The zero-order chi connectivity index (χ0) is 11.4. The second kappa shape index (κ2) is 5.80. The van der Waals surface area contributed by atoms with E-state index in [9.17, 15) is 0 Å². The van der Waals surface area contributed by atoms with E-state index < -0.39 is 0 Å². The molecule has 1 saturated heterocycles. The summed E-state index contributed by atoms with van der Waals surface area (Å²) in [5.41, 5.74) is 5.94. The Morgan fingerprint density at radius 3 is 2.81 bits per heavy atom. The number of guanidine groups is 1. The number of aliphatic imine (C=N–C) groups is 1. The molecule has 0 atom stereocenters. The maximum atomic E-state index is 5.94. The second-order valence-corrected chi connectivity index (χ2v) is 6.50. The van der Waals surface area contributed by atoms with Gasteiger partial charge in [-0.15, -0.1) is 11.3 Å². The average Bonchev–Trinajstić information content (AvgIpc) is 2.73. The fourth-order valence-corrected chi connectivity index (χ4v) is 3.40. The topological polar surface area (TPSA) is 41.6 Å². The van der Waals surface area contributed by atoms with Crippen LogP contribution in [0.1, 0.15) is 4.88 Å². The van der Waals surface area contributed by atoms with Crippen LogP contribution in [0.2, 0.25) is 4.34 Å². The summed E-state index contributed by atoms with van der Waals surface area (Å²) in [6.45, 7) is 2.64. The van der Waals surface area contributed by atoms with E-state index in [1.807, 2.05) is 23.9 Å². The largest absolute Gasteiger partial charge is 0.370 e. The van der Waals surface area contributed by atoms with Crippen molar-refractivity contribution in [1.82, 2.24) is 4.90 Å². The van der Waals surface area contributed by atoms with Crippen molar-refractivity contribution >= 4 is 40.7 Å². The normalized spacial score (nSPS) is 17.8. The summed E-state index contributed by atoms with van der Waals surface area (Å²) in [7, 11) is 0. The molecule has 88 valence electrons. The van der Waals surface area contributed by atoms with Crippen molar-refractivity contribution in [3.8, 4) is 0 Å². The van der Waals surface area contributed by atoms with Gasteiger partial charge >= 0.3 is 0 Å². The lowest BCUT2D eigenvalue weighted by atomic mass is 10.5. The molecule has 3 nitrogen and oxygen atoms in total. The highest BCUT2D eigenvalue weighted by atomic mass is 35.5. The molecule has 6 heteroatoms. The summed E-state index contributed by atoms with van der Waals surface area (Å²) >= 11 is 9.37. The van der Waals surface area contributed by atoms with Gasteiger partial charge in [-0.05, 0) is 12.1 Å². The standard InChI is InChI=1S/C10H14ClN3S2/c11-9-2-1-8(16-9)7-13-10(12)14-3-5-15-6-4-14/h1-2H,3-7H2,(H2,12,13). The Labute approximate surface area is 109 Å². The summed E-state index contributed by atoms with van der Waals surface area (Å²) in [6, 6.07) is 3.89. The van der Waals surface area contributed by atoms with Crippen molar-refractivity contribution in [3.05, 3.63) is 21.3 Å². The fourth-order valence-electron chi connectivity index (χ4n) is 1.49. The third kappa shape index (κ3) is 3.30. The third-order valence-corrected chi connectivity index (χ3v) is 4.52. The van der Waals surface area contributed by atoms with Gasteiger partial charge in [-0.3, -0.25) is 0 Å². The van der Waals surface area contributed by atoms with Crippen LogP contribution in [0.3, 0.4) is 0 Å². The summed E-state index contributed by atoms with van der Waals surface area (Å²) < 4.78 is 0.804. The van der Waals surface area contributed by atoms with Crippen molar-refractivity contribution in [2.24, 2.45) is 10.7 Å². The van der Waals surface area contributed by atoms with Crippen molar-refractivity contribution in [2.75, 3.05) is 24.6 Å². The van der Waals surface area contributed by atoms with Crippen LogP contribution >= 0.6 is 34.7 Å². The zero-order valence-electron chi connectivity index (χ0n) is 8.86. The minimum absolute atomic E-state index is 0.632. The summed E-state index contributed by atoms with van der Waals surface area (Å²) in [4.78, 5) is 7.69. The lowest BCUT2D eigenvalue weighted by Gasteiger charge is -2.27. The molecule has 0 unspecified atom stereocenters. The number of thioether (sulfide) groups is 1. The van der Waals surface area contributed by atoms with E-state index >= 15 is 0 Å². The first kappa shape index (κ1) is 12.1. The van der Waals surface area contributed by atoms with Crippen LogP contribution in [-0.4, -0.2) is 35.5 Å². The van der Waals surface area contributed by atoms with Crippen molar-refractivity contribution in [1.29, 1.82) is 0 Å². The number of hydrogen-bond donors (Lipinski definition) is 1. The number of hydrogen-bond acceptors (Lipinski definition) is 3. The van der Waals surface area contributed by atoms with Gasteiger partial charge < -0.3 is 10.6 Å². The predicted molar refractivity (Wildman–Crippen MR) is 73.6 cm³/mol. The molecule has 0 amide bonds. The molecule has 1 fully saturated rings. The first-order chi connectivity index (χ1) is 7.75. The molecule has 1 aliphatic heterocycles. The maximum Gasteiger partial charge on any atom is 0.191 e. The molecule has 1 aromatic rings. The Bertz CT molecular complexity index is 372. The van der Waals surface area contributed by atoms with Gasteiger partial charge in [0.05, 0.1) is 10.9 Å². The Morgan fingerprint density at radius 2 is 2.19 bits per heavy atom. The van der Waals surface area contributed by atoms with Gasteiger partial charge in [-0.1, -0.05) is 11.6 Å². The van der Waals surface area contributed by atoms with Crippen molar-refractivity contribution in [3.63, 3.8) is 0 Å². The monoisotopic (exact) mass is 275 g/mol. The van der Waals surface area contributed by atoms with E-state index in [0.717, 1.165) is 33.8 Å². The minimum Gasteiger partial charge on any atom is -0.370 e. The van der Waals surface area contributed by atoms with Crippen LogP contribution in [0.25, 0.3) is 0 Å². The SMILES string of the molecule is NC(=NCc1ccc(Cl)s1)N1CCSCC1. The smallest absolute Gasteiger partial charge is 0.191 e. The highest BCUT2D eigenvalue weighted by Gasteiger charge is 2.11. The molecule has 0 bridgehead atoms. The van der Waals surface area contributed by atoms with Crippen LogP contribution in [-0.2, 0) is 6.54 Å². The maximum absolute atomic E-state index is 5.94. The zero-order valence-corrected chi connectivity index (χ0v) is 11.2. The molecule has 16 heavy (non-hydrogen) atoms. The molecular formula is C10H14ClN3S2. The molecule has 0 radical (unpaired) electrons. The van der Waals surface area contributed by atoms with Crippen LogP contribution < -0.4 is 5.73 Å². The number of thiophene rings is 1. The molecule has 2 heterocycles. The molecule has 0 saturated carbocycles. The van der Waals surface area contributed by atoms with E-state index in [4.69, 9.17) is 17.3 Å². The van der Waals surface area contributed by atoms with E-state index in [1.165, 1.54) is 0 Å². The highest BCUT2D eigenvalue weighted by molar-refractivity contribution is 7.99. The predicted octanol–water partition coefficient (Wildman–Crippen LogP) is 2.27. The fraction of sp³-hybridized carbons (Fsp3) is 0.500. The molecule has 0 aromatic carbocycles. The number of nitrogens with zero attached hydrogens (tertiary/aromatic N) is 2. The first-order valence-electron chi connectivity index (χ1n) is 5.12. The van der Waals surface area contributed by atoms with Gasteiger partial charge in [0.2, 0.25) is 0 Å². The van der Waals surface area contributed by atoms with Crippen molar-refractivity contribution in [2.45, 2.75) is 6.54 Å². The molecule has 0 aliphatic carbocycles. The number of halogens is 1. The minimum atomic E-state index is 0.632. The lowest BCUT2D eigenvalue weighted by Crippen LogP contribution is -2.42. The Kier molecular flexibility index (Phi) is 4.37. The van der Waals surface area contributed by atoms with Crippen LogP contribution in [0.5, 0.6) is 0 Å². The van der Waals surface area contributed by atoms with Gasteiger partial charge in [-0.2, -0.15) is 11.8 Å². The first-order valence-corrected chi connectivity index (χ1v) is 7.47. The molecule has 1 aliphatic rings. The van der Waals surface area contributed by atoms with Crippen LogP contribution in [0, 0.1) is 0 Å². The number of nitrogens with two attached hydrogens (primary N) is 1. The van der Waals surface area contributed by atoms with Crippen LogP contribution in [0.15, 0.2) is 17.1 Å². The number of rotatable bonds is 2. The molecule has 1 aromatic heterocycles.